The second-order valence-electron chi connectivity index (χ2n) is 26.9. The van der Waals surface area contributed by atoms with Crippen LogP contribution in [0.15, 0.2) is 97.3 Å². The third-order valence-corrected chi connectivity index (χ3v) is 23.6. The molecule has 15 heterocycles. The molecular weight excluding hydrogens is 1630 g/mol. The molecule has 0 spiro atoms. The Morgan fingerprint density at radius 2 is 0.948 bits per heavy atom. The van der Waals surface area contributed by atoms with Crippen LogP contribution in [-0.2, 0) is 81.2 Å². The van der Waals surface area contributed by atoms with E-state index in [0.29, 0.717) is 39.2 Å². The van der Waals surface area contributed by atoms with Gasteiger partial charge in [0, 0.05) is 81.2 Å². The number of aliphatic hydroxyl groups is 6. The zero-order valence-electron chi connectivity index (χ0n) is 60.4. The molecular formula is C61H79N20O29P3S2. The van der Waals surface area contributed by atoms with Crippen molar-refractivity contribution < 1.29 is 110 Å². The lowest BCUT2D eigenvalue weighted by molar-refractivity contribution is -0.0625. The lowest BCUT2D eigenvalue weighted by Gasteiger charge is -2.25. The Kier molecular flexibility index (Phi) is 25.9. The first-order valence-corrected chi connectivity index (χ1v) is 41.7. The largest absolute Gasteiger partial charge is 0.472 e. The average molecular weight is 1710 g/mol. The van der Waals surface area contributed by atoms with Crippen LogP contribution in [0.1, 0.15) is 80.6 Å². The number of methoxy groups -OCH3 is 1. The van der Waals surface area contributed by atoms with E-state index in [2.05, 4.69) is 67.1 Å². The number of nitrogens with zero attached hydrogens (tertiary/aromatic N) is 14. The summed E-state index contributed by atoms with van der Waals surface area (Å²) < 4.78 is 107. The van der Waals surface area contributed by atoms with Gasteiger partial charge in [0.2, 0.25) is 0 Å². The summed E-state index contributed by atoms with van der Waals surface area (Å²) in [5.74, 6) is 0.732. The SMILES string of the molecule is CO[C@H]1C(OP(=O)(O)OC[C@H]2O[C@@H](n3cnc4c(N)ncnc43)CC2O)[C@@H](CO)O[C@H]1n1ccc(=O)[nH]c1=O.Cc1cn([C@H]2CC(O)[C@@H](COP(O)(=S)OC3C[C@H](n4cc(C)c(=O)[nH]c4=O)O[C@@H]3CO)O2)c(=O)[nH]c1=O.Nc1ncnc2c1ccn2[C@H]1CC(OP(=O)(S)OC[C@H]2O[C@@H](n3cnc4c(N)ncnc43)CC2O)[C@@H](CO)O1. The van der Waals surface area contributed by atoms with Crippen LogP contribution in [0.4, 0.5) is 17.5 Å². The number of phosphoric ester groups is 1. The minimum absolute atomic E-state index is 0.0119. The summed E-state index contributed by atoms with van der Waals surface area (Å²) in [6.07, 6.45) is -5.00. The first kappa shape index (κ1) is 84.7. The number of ether oxygens (including phenoxy) is 7. The minimum atomic E-state index is -4.85. The molecule has 624 valence electrons. The zero-order chi connectivity index (χ0) is 82.3. The number of imidazole rings is 2. The summed E-state index contributed by atoms with van der Waals surface area (Å²) in [4.78, 5) is 131. The smallest absolute Gasteiger partial charge is 0.394 e. The molecule has 9 aromatic rings. The van der Waals surface area contributed by atoms with Crippen molar-refractivity contribution in [1.29, 1.82) is 0 Å². The van der Waals surface area contributed by atoms with Gasteiger partial charge in [0.05, 0.1) is 82.1 Å². The third-order valence-electron chi connectivity index (χ3n) is 19.4. The van der Waals surface area contributed by atoms with E-state index in [1.165, 1.54) is 65.0 Å². The van der Waals surface area contributed by atoms with Crippen molar-refractivity contribution in [3.05, 3.63) is 142 Å². The normalized spacial score (nSPS) is 29.7. The molecule has 0 saturated carbocycles. The lowest BCUT2D eigenvalue weighted by atomic mass is 10.1. The number of anilines is 3. The number of rotatable bonds is 25. The first-order valence-electron chi connectivity index (χ1n) is 34.9. The Bertz CT molecular complexity index is 5540. The number of nitrogens with one attached hydrogen (secondary N) is 3. The second kappa shape index (κ2) is 35.1. The molecule has 6 aliphatic heterocycles. The molecule has 0 bridgehead atoms. The lowest BCUT2D eigenvalue weighted by Crippen LogP contribution is -2.40. The van der Waals surface area contributed by atoms with Gasteiger partial charge in [-0.1, -0.05) is 12.2 Å². The van der Waals surface area contributed by atoms with Crippen molar-refractivity contribution in [3.8, 4) is 0 Å². The van der Waals surface area contributed by atoms with E-state index < -0.39 is 192 Å². The van der Waals surface area contributed by atoms with Gasteiger partial charge < -0.3 is 104 Å². The van der Waals surface area contributed by atoms with E-state index in [4.69, 9.17) is 89.3 Å². The van der Waals surface area contributed by atoms with Gasteiger partial charge in [0.25, 0.3) is 16.7 Å². The van der Waals surface area contributed by atoms with Gasteiger partial charge in [-0.05, 0) is 31.7 Å². The van der Waals surface area contributed by atoms with Gasteiger partial charge in [0.1, 0.15) is 128 Å². The topological polar surface area (TPSA) is 677 Å². The Morgan fingerprint density at radius 3 is 1.45 bits per heavy atom. The highest BCUT2D eigenvalue weighted by atomic mass is 32.7. The first-order chi connectivity index (χ1) is 54.7. The molecule has 6 fully saturated rings. The molecule has 9 unspecified atom stereocenters. The number of nitrogens with two attached hydrogens (primary N) is 3. The molecule has 17 N–H and O–H groups in total. The standard InChI is InChI=1S/C21H26N9O7PS.C20H26N7O11P.C20H27N4O11PS/c22-18-10-1-2-29(20(10)26-7-24-18)16-4-12(13(5-31)35-16)37-38(33,39)34-6-14-11(32)3-15(36-14)30-9-28-17-19(23)25-8-27-21(17)30;1-34-16-15(10(5-28)37-19(16)26-3-2-12(30)25-20(26)31)38-39(32,33)35-6-11-9(29)4-13(36-11)27-8-24-14-17(21)22-7-23-18(14)27;1-9-5-23(19(29)21-17(9)27)15-3-11(26)14(34-15)8-32-36(31,37)35-12-4-16(33-13(12)7-25)24-6-10(2)18(28)22-20(24)30/h1-2,7-9,11-16,31-32H,3-6H2,(H,33,39)(H2,22,24,26)(H2,23,25,27);2-3,7-11,13,15-16,19,28-29H,4-6H2,1H3,(H,32,33)(H2,21,22,23)(H,25,30,31);5-6,11-16,25-26H,3-4,7-8H2,1-2H3,(H,31,37)(H,21,27,29)(H,22,28,30)/t11?,12?,13-,14-,15-,16-,38?;9?,10-,11-,13-,15?,16+,19-;11?,12?,13-,14-,15-,16-,36?/m111/s1. The zero-order valence-corrected chi connectivity index (χ0v) is 64.8. The molecule has 0 amide bonds. The van der Waals surface area contributed by atoms with E-state index in [1.807, 2.05) is 0 Å². The molecule has 15 rings (SSSR count). The van der Waals surface area contributed by atoms with Crippen molar-refractivity contribution in [1.82, 2.24) is 82.2 Å². The van der Waals surface area contributed by atoms with Crippen LogP contribution in [0.25, 0.3) is 33.4 Å². The van der Waals surface area contributed by atoms with Crippen LogP contribution >= 0.6 is 33.6 Å². The maximum atomic E-state index is 13.1. The number of phosphoric acid groups is 1. The molecule has 22 atom stereocenters. The second-order valence-corrected chi connectivity index (χ2v) is 33.9. The fourth-order valence-corrected chi connectivity index (χ4v) is 17.5. The number of hydrogen-bond donors (Lipinski definition) is 15. The van der Waals surface area contributed by atoms with Crippen LogP contribution in [0.5, 0.6) is 0 Å². The van der Waals surface area contributed by atoms with Crippen molar-refractivity contribution in [2.45, 2.75) is 163 Å². The van der Waals surface area contributed by atoms with E-state index in [0.717, 1.165) is 26.0 Å². The average Bonchev–Trinajstić information content (AvgIpc) is 1.65. The number of nitrogen functional groups attached to an aromatic ring is 3. The van der Waals surface area contributed by atoms with Crippen molar-refractivity contribution >= 4 is 96.2 Å². The van der Waals surface area contributed by atoms with Crippen LogP contribution < -0.4 is 50.9 Å². The summed E-state index contributed by atoms with van der Waals surface area (Å²) in [5.41, 5.74) is 16.4. The fourth-order valence-electron chi connectivity index (χ4n) is 13.6. The Morgan fingerprint density at radius 1 is 0.513 bits per heavy atom. The minimum Gasteiger partial charge on any atom is -0.394 e. The van der Waals surface area contributed by atoms with Crippen LogP contribution in [0.2, 0.25) is 0 Å². The van der Waals surface area contributed by atoms with Gasteiger partial charge in [-0.25, -0.2) is 63.4 Å². The Balaban J connectivity index is 0.000000150. The van der Waals surface area contributed by atoms with Gasteiger partial charge in [-0.15, -0.1) is 0 Å². The highest BCUT2D eigenvalue weighted by Crippen LogP contribution is 2.57. The number of fused-ring (bicyclic) bond motifs is 3. The van der Waals surface area contributed by atoms with Crippen molar-refractivity contribution in [3.63, 3.8) is 0 Å². The molecule has 0 radical (unpaired) electrons. The molecule has 54 heteroatoms. The van der Waals surface area contributed by atoms with Crippen LogP contribution in [0, 0.1) is 13.8 Å². The predicted molar refractivity (Wildman–Crippen MR) is 397 cm³/mol. The van der Waals surface area contributed by atoms with E-state index in [-0.39, 0.29) is 74.7 Å². The number of H-pyrrole nitrogens is 3. The molecule has 49 nitrogen and oxygen atoms in total. The third kappa shape index (κ3) is 18.7. The molecule has 9 aromatic heterocycles. The van der Waals surface area contributed by atoms with Crippen LogP contribution in [-0.4, -0.2) is 249 Å². The monoisotopic (exact) mass is 1710 g/mol. The maximum Gasteiger partial charge on any atom is 0.472 e. The van der Waals surface area contributed by atoms with Crippen LogP contribution in [0.3, 0.4) is 0 Å². The van der Waals surface area contributed by atoms with Gasteiger partial charge in [-0.3, -0.25) is 70.3 Å². The molecule has 0 aliphatic carbocycles. The van der Waals surface area contributed by atoms with E-state index >= 15 is 0 Å². The highest BCUT2D eigenvalue weighted by Gasteiger charge is 2.52. The number of aromatic nitrogens is 17. The quantitative estimate of drug-likeness (QED) is 0.0201. The number of aromatic amines is 3. The van der Waals surface area contributed by atoms with Gasteiger partial charge in [0.15, 0.2) is 29.2 Å². The maximum absolute atomic E-state index is 13.1. The molecule has 6 aliphatic rings. The molecule has 115 heavy (non-hydrogen) atoms. The summed E-state index contributed by atoms with van der Waals surface area (Å²) in [5, 5.41) is 61.4. The van der Waals surface area contributed by atoms with Crippen molar-refractivity contribution in [2.75, 3.05) is 64.0 Å². The predicted octanol–water partition coefficient (Wildman–Crippen LogP) is -2.93. The number of thiol groups is 1. The summed E-state index contributed by atoms with van der Waals surface area (Å²) in [6.45, 7) is -7.58. The van der Waals surface area contributed by atoms with Crippen molar-refractivity contribution in [2.24, 2.45) is 0 Å². The fraction of sp³-hybridized carbons (Fsp3) is 0.541. The summed E-state index contributed by atoms with van der Waals surface area (Å²) >= 11 is 9.19. The molecule has 0 aromatic carbocycles. The van der Waals surface area contributed by atoms with Gasteiger partial charge >= 0.3 is 38.4 Å². The Hall–Kier alpha value is -8.22. The number of aliphatic hydroxyl groups excluding tert-OH is 6. The van der Waals surface area contributed by atoms with E-state index in [1.54, 1.807) is 26.0 Å². The summed E-state index contributed by atoms with van der Waals surface area (Å²) in [6, 6.07) is 2.84. The number of hydrogen-bond acceptors (Lipinski definition) is 39. The van der Waals surface area contributed by atoms with Gasteiger partial charge in [-0.2, -0.15) is 0 Å². The Labute approximate surface area is 654 Å². The number of aryl methyl sites for hydroxylation is 2. The van der Waals surface area contributed by atoms with E-state index in [9.17, 15) is 78.3 Å². The molecule has 6 saturated heterocycles. The summed E-state index contributed by atoms with van der Waals surface area (Å²) in [7, 11) is -3.60. The highest BCUT2D eigenvalue weighted by molar-refractivity contribution is 8.44.